The maximum Gasteiger partial charge on any atom is 0.224 e. The molecule has 0 saturated carbocycles. The number of primary amides is 1. The van der Waals surface area contributed by atoms with Crippen LogP contribution in [0.1, 0.15) is 50.8 Å². The van der Waals surface area contributed by atoms with Crippen molar-refractivity contribution in [2.45, 2.75) is 39.7 Å². The van der Waals surface area contributed by atoms with E-state index in [-0.39, 0.29) is 5.91 Å². The number of rotatable bonds is 7. The zero-order valence-electron chi connectivity index (χ0n) is 12.8. The number of nitrogens with two attached hydrogens (primary N) is 1. The smallest absolute Gasteiger partial charge is 0.224 e. The lowest BCUT2D eigenvalue weighted by Crippen LogP contribution is -2.41. The van der Waals surface area contributed by atoms with Gasteiger partial charge in [0, 0.05) is 13.1 Å². The first-order chi connectivity index (χ1) is 9.24. The second kappa shape index (κ2) is 6.86. The highest BCUT2D eigenvalue weighted by Crippen LogP contribution is 2.19. The Balaban J connectivity index is 2.51. The van der Waals surface area contributed by atoms with Gasteiger partial charge in [-0.1, -0.05) is 38.1 Å². The van der Waals surface area contributed by atoms with Gasteiger partial charge >= 0.3 is 0 Å². The fraction of sp³-hybridized carbons (Fsp3) is 0.562. The summed E-state index contributed by atoms with van der Waals surface area (Å²) >= 11 is 0. The average Bonchev–Trinajstić information content (AvgIpc) is 2.38. The van der Waals surface area contributed by atoms with Crippen LogP contribution in [0.4, 0.5) is 0 Å². The normalized spacial score (nSPS) is 13.5. The third-order valence-corrected chi connectivity index (χ3v) is 3.56. The van der Waals surface area contributed by atoms with E-state index in [4.69, 9.17) is 5.73 Å². The summed E-state index contributed by atoms with van der Waals surface area (Å²) in [6.45, 7) is 8.69. The van der Waals surface area contributed by atoms with E-state index in [2.05, 4.69) is 19.2 Å². The van der Waals surface area contributed by atoms with Gasteiger partial charge in [0.05, 0.1) is 11.5 Å². The molecule has 4 heteroatoms. The molecular formula is C16H26N2O2. The van der Waals surface area contributed by atoms with Gasteiger partial charge < -0.3 is 16.2 Å². The van der Waals surface area contributed by atoms with Crippen LogP contribution in [-0.2, 0) is 4.79 Å². The first kappa shape index (κ1) is 16.7. The van der Waals surface area contributed by atoms with Crippen LogP contribution in [0.25, 0.3) is 0 Å². The van der Waals surface area contributed by atoms with Crippen LogP contribution in [0, 0.1) is 5.41 Å². The summed E-state index contributed by atoms with van der Waals surface area (Å²) in [4.78, 5) is 11.2. The molecule has 4 N–H and O–H groups in total. The maximum absolute atomic E-state index is 11.2. The van der Waals surface area contributed by atoms with Crippen LogP contribution < -0.4 is 11.1 Å². The largest absolute Gasteiger partial charge is 0.387 e. The SMILES string of the molecule is CC(C)c1ccc(C(O)CNCC(C)(C)C(N)=O)cc1. The number of benzene rings is 1. The lowest BCUT2D eigenvalue weighted by molar-refractivity contribution is -0.125. The molecule has 1 atom stereocenters. The lowest BCUT2D eigenvalue weighted by atomic mass is 9.92. The molecular weight excluding hydrogens is 252 g/mol. The maximum atomic E-state index is 11.2. The molecule has 1 unspecified atom stereocenters. The fourth-order valence-electron chi connectivity index (χ4n) is 1.83. The molecule has 0 saturated heterocycles. The standard InChI is InChI=1S/C16H26N2O2/c1-11(2)12-5-7-13(8-6-12)14(19)9-18-10-16(3,4)15(17)20/h5-8,11,14,18-19H,9-10H2,1-4H3,(H2,17,20). The Morgan fingerprint density at radius 3 is 2.20 bits per heavy atom. The number of carbonyl (C=O) groups excluding carboxylic acids is 1. The summed E-state index contributed by atoms with van der Waals surface area (Å²) < 4.78 is 0. The van der Waals surface area contributed by atoms with Crippen molar-refractivity contribution >= 4 is 5.91 Å². The van der Waals surface area contributed by atoms with Gasteiger partial charge in [-0.15, -0.1) is 0 Å². The summed E-state index contributed by atoms with van der Waals surface area (Å²) in [6, 6.07) is 7.97. The number of amides is 1. The molecule has 0 heterocycles. The minimum absolute atomic E-state index is 0.347. The van der Waals surface area contributed by atoms with Crippen LogP contribution >= 0.6 is 0 Å². The molecule has 1 rings (SSSR count). The van der Waals surface area contributed by atoms with Crippen LogP contribution in [0.5, 0.6) is 0 Å². The summed E-state index contributed by atoms with van der Waals surface area (Å²) in [7, 11) is 0. The van der Waals surface area contributed by atoms with E-state index >= 15 is 0 Å². The Morgan fingerprint density at radius 1 is 1.25 bits per heavy atom. The minimum atomic E-state index is -0.610. The first-order valence-electron chi connectivity index (χ1n) is 7.02. The quantitative estimate of drug-likeness (QED) is 0.713. The van der Waals surface area contributed by atoms with E-state index in [1.807, 2.05) is 24.3 Å². The molecule has 0 aliphatic carbocycles. The summed E-state index contributed by atoms with van der Waals surface area (Å²) in [5.41, 5.74) is 6.82. The molecule has 20 heavy (non-hydrogen) atoms. The Hall–Kier alpha value is -1.39. The molecule has 0 fully saturated rings. The molecule has 0 aromatic heterocycles. The van der Waals surface area contributed by atoms with E-state index in [0.29, 0.717) is 19.0 Å². The van der Waals surface area contributed by atoms with Gasteiger partial charge in [-0.25, -0.2) is 0 Å². The van der Waals surface area contributed by atoms with Crippen LogP contribution in [0.2, 0.25) is 0 Å². The third-order valence-electron chi connectivity index (χ3n) is 3.56. The Labute approximate surface area is 121 Å². The molecule has 1 amide bonds. The number of carbonyl (C=O) groups is 1. The zero-order valence-corrected chi connectivity index (χ0v) is 12.8. The van der Waals surface area contributed by atoms with Gasteiger partial charge in [0.25, 0.3) is 0 Å². The van der Waals surface area contributed by atoms with Crippen molar-refractivity contribution in [3.8, 4) is 0 Å². The lowest BCUT2D eigenvalue weighted by Gasteiger charge is -2.22. The molecule has 1 aromatic carbocycles. The zero-order chi connectivity index (χ0) is 15.3. The Morgan fingerprint density at radius 2 is 1.75 bits per heavy atom. The Kier molecular flexibility index (Phi) is 5.72. The highest BCUT2D eigenvalue weighted by atomic mass is 16.3. The highest BCUT2D eigenvalue weighted by Gasteiger charge is 2.24. The van der Waals surface area contributed by atoms with Crippen molar-refractivity contribution in [3.05, 3.63) is 35.4 Å². The second-order valence-electron chi connectivity index (χ2n) is 6.22. The van der Waals surface area contributed by atoms with E-state index in [1.165, 1.54) is 5.56 Å². The van der Waals surface area contributed by atoms with E-state index in [9.17, 15) is 9.90 Å². The minimum Gasteiger partial charge on any atom is -0.387 e. The first-order valence-corrected chi connectivity index (χ1v) is 7.02. The molecule has 0 aliphatic rings. The van der Waals surface area contributed by atoms with Crippen molar-refractivity contribution in [2.75, 3.05) is 13.1 Å². The Bertz CT molecular complexity index is 438. The third kappa shape index (κ3) is 4.62. The molecule has 0 bridgehead atoms. The number of aliphatic hydroxyl groups is 1. The fourth-order valence-corrected chi connectivity index (χ4v) is 1.83. The number of hydrogen-bond donors (Lipinski definition) is 3. The summed E-state index contributed by atoms with van der Waals surface area (Å²) in [5, 5.41) is 13.2. The van der Waals surface area contributed by atoms with Crippen LogP contribution in [0.3, 0.4) is 0 Å². The summed E-state index contributed by atoms with van der Waals surface area (Å²) in [5.74, 6) is 0.136. The molecule has 0 aliphatic heterocycles. The van der Waals surface area contributed by atoms with Crippen molar-refractivity contribution in [2.24, 2.45) is 11.1 Å². The average molecular weight is 278 g/mol. The van der Waals surface area contributed by atoms with Gasteiger partial charge in [0.1, 0.15) is 0 Å². The topological polar surface area (TPSA) is 75.3 Å². The van der Waals surface area contributed by atoms with Gasteiger partial charge in [0.2, 0.25) is 5.91 Å². The van der Waals surface area contributed by atoms with Crippen LogP contribution in [0.15, 0.2) is 24.3 Å². The van der Waals surface area contributed by atoms with Gasteiger partial charge in [-0.2, -0.15) is 0 Å². The van der Waals surface area contributed by atoms with Gasteiger partial charge in [0.15, 0.2) is 0 Å². The molecule has 112 valence electrons. The summed E-state index contributed by atoms with van der Waals surface area (Å²) in [6.07, 6.45) is -0.583. The van der Waals surface area contributed by atoms with Crippen molar-refractivity contribution in [1.82, 2.24) is 5.32 Å². The second-order valence-corrected chi connectivity index (χ2v) is 6.22. The van der Waals surface area contributed by atoms with Crippen LogP contribution in [-0.4, -0.2) is 24.1 Å². The van der Waals surface area contributed by atoms with Crippen molar-refractivity contribution < 1.29 is 9.90 Å². The van der Waals surface area contributed by atoms with Gasteiger partial charge in [-0.05, 0) is 30.9 Å². The van der Waals surface area contributed by atoms with Crippen molar-refractivity contribution in [1.29, 1.82) is 0 Å². The van der Waals surface area contributed by atoms with E-state index in [1.54, 1.807) is 13.8 Å². The predicted molar refractivity (Wildman–Crippen MR) is 81.3 cm³/mol. The van der Waals surface area contributed by atoms with E-state index in [0.717, 1.165) is 5.56 Å². The van der Waals surface area contributed by atoms with Crippen molar-refractivity contribution in [3.63, 3.8) is 0 Å². The molecule has 4 nitrogen and oxygen atoms in total. The van der Waals surface area contributed by atoms with Gasteiger partial charge in [-0.3, -0.25) is 4.79 Å². The molecule has 0 spiro atoms. The number of aliphatic hydroxyl groups excluding tert-OH is 1. The highest BCUT2D eigenvalue weighted by molar-refractivity contribution is 5.80. The molecule has 1 aromatic rings. The number of nitrogens with one attached hydrogen (secondary N) is 1. The van der Waals surface area contributed by atoms with E-state index < -0.39 is 11.5 Å². The predicted octanol–water partition coefficient (Wildman–Crippen LogP) is 1.94. The monoisotopic (exact) mass is 278 g/mol. The number of hydrogen-bond acceptors (Lipinski definition) is 3. The molecule has 0 radical (unpaired) electrons.